The number of halogens is 1. The number of hydrogen-bond acceptors (Lipinski definition) is 3. The van der Waals surface area contributed by atoms with Crippen LogP contribution in [0, 0.1) is 0 Å². The van der Waals surface area contributed by atoms with Crippen LogP contribution in [0.5, 0.6) is 5.75 Å². The van der Waals surface area contributed by atoms with E-state index in [1.165, 1.54) is 0 Å². The molecular weight excluding hydrogens is 306 g/mol. The van der Waals surface area contributed by atoms with Crippen LogP contribution in [-0.4, -0.2) is 21.7 Å². The smallest absolute Gasteiger partial charge is 0.156 e. The average molecular weight is 318 g/mol. The van der Waals surface area contributed by atoms with Crippen molar-refractivity contribution in [2.45, 2.75) is 6.42 Å². The zero-order valence-electron chi connectivity index (χ0n) is 10.4. The minimum Gasteiger partial charge on any atom is -0.497 e. The topological polar surface area (TPSA) is 39.4 Å². The molecule has 0 saturated heterocycles. The van der Waals surface area contributed by atoms with Gasteiger partial charge in [-0.05, 0) is 29.8 Å². The van der Waals surface area contributed by atoms with Crippen LogP contribution < -0.4 is 4.74 Å². The molecule has 0 bridgehead atoms. The van der Waals surface area contributed by atoms with E-state index >= 15 is 0 Å². The van der Waals surface area contributed by atoms with Crippen molar-refractivity contribution in [2.75, 3.05) is 7.11 Å². The highest BCUT2D eigenvalue weighted by molar-refractivity contribution is 9.10. The first kappa shape index (κ1) is 12.2. The number of methoxy groups -OCH3 is 1. The van der Waals surface area contributed by atoms with Gasteiger partial charge in [-0.1, -0.05) is 28.1 Å². The van der Waals surface area contributed by atoms with Crippen molar-refractivity contribution in [3.05, 3.63) is 58.5 Å². The fraction of sp³-hybridized carbons (Fsp3) is 0.143. The van der Waals surface area contributed by atoms with Crippen LogP contribution in [0.2, 0.25) is 0 Å². The maximum atomic E-state index is 5.14. The van der Waals surface area contributed by atoms with Gasteiger partial charge in [-0.25, -0.2) is 9.50 Å². The fourth-order valence-electron chi connectivity index (χ4n) is 1.90. The number of ether oxygens (including phenoxy) is 1. The van der Waals surface area contributed by atoms with E-state index in [-0.39, 0.29) is 0 Å². The van der Waals surface area contributed by atoms with Crippen molar-refractivity contribution in [1.82, 2.24) is 14.6 Å². The normalized spacial score (nSPS) is 10.8. The van der Waals surface area contributed by atoms with Gasteiger partial charge in [0.05, 0.1) is 7.11 Å². The third-order valence-corrected chi connectivity index (χ3v) is 3.36. The SMILES string of the molecule is COc1ccc(Cc2nc3cc(Br)ccn3n2)cc1. The lowest BCUT2D eigenvalue weighted by molar-refractivity contribution is 0.414. The summed E-state index contributed by atoms with van der Waals surface area (Å²) in [4.78, 5) is 4.50. The van der Waals surface area contributed by atoms with Crippen molar-refractivity contribution in [1.29, 1.82) is 0 Å². The molecule has 0 fully saturated rings. The number of hydrogen-bond donors (Lipinski definition) is 0. The Bertz CT molecular complexity index is 706. The van der Waals surface area contributed by atoms with Gasteiger partial charge in [-0.3, -0.25) is 0 Å². The molecule has 0 saturated carbocycles. The molecule has 0 spiro atoms. The number of aromatic nitrogens is 3. The maximum absolute atomic E-state index is 5.14. The van der Waals surface area contributed by atoms with E-state index in [0.717, 1.165) is 27.3 Å². The summed E-state index contributed by atoms with van der Waals surface area (Å²) in [6.45, 7) is 0. The molecule has 0 amide bonds. The number of benzene rings is 1. The minimum absolute atomic E-state index is 0.712. The molecule has 1 aromatic carbocycles. The molecule has 2 heterocycles. The summed E-state index contributed by atoms with van der Waals surface area (Å²) < 4.78 is 7.92. The summed E-state index contributed by atoms with van der Waals surface area (Å²) in [6, 6.07) is 11.8. The third-order valence-electron chi connectivity index (χ3n) is 2.86. The van der Waals surface area contributed by atoms with Crippen molar-refractivity contribution < 1.29 is 4.74 Å². The molecule has 0 radical (unpaired) electrons. The molecule has 0 N–H and O–H groups in total. The molecule has 19 heavy (non-hydrogen) atoms. The Morgan fingerprint density at radius 1 is 1.21 bits per heavy atom. The monoisotopic (exact) mass is 317 g/mol. The standard InChI is InChI=1S/C14H12BrN3O/c1-19-12-4-2-10(3-5-12)8-13-16-14-9-11(15)6-7-18(14)17-13/h2-7,9H,8H2,1H3. The van der Waals surface area contributed by atoms with E-state index in [2.05, 4.69) is 26.0 Å². The largest absolute Gasteiger partial charge is 0.497 e. The van der Waals surface area contributed by atoms with Crippen molar-refractivity contribution in [3.8, 4) is 5.75 Å². The summed E-state index contributed by atoms with van der Waals surface area (Å²) in [6.07, 6.45) is 2.60. The van der Waals surface area contributed by atoms with Gasteiger partial charge in [-0.2, -0.15) is 5.10 Å². The second-order valence-corrected chi connectivity index (χ2v) is 5.12. The summed E-state index contributed by atoms with van der Waals surface area (Å²) in [5.74, 6) is 1.67. The van der Waals surface area contributed by atoms with Crippen LogP contribution in [0.4, 0.5) is 0 Å². The minimum atomic E-state index is 0.712. The molecule has 0 atom stereocenters. The van der Waals surface area contributed by atoms with Crippen LogP contribution in [0.1, 0.15) is 11.4 Å². The molecule has 0 aliphatic carbocycles. The highest BCUT2D eigenvalue weighted by atomic mass is 79.9. The molecule has 3 rings (SSSR count). The van der Waals surface area contributed by atoms with Gasteiger partial charge >= 0.3 is 0 Å². The summed E-state index contributed by atoms with van der Waals surface area (Å²) >= 11 is 3.43. The van der Waals surface area contributed by atoms with Crippen LogP contribution in [0.25, 0.3) is 5.65 Å². The second-order valence-electron chi connectivity index (χ2n) is 4.20. The highest BCUT2D eigenvalue weighted by Crippen LogP contribution is 2.15. The lowest BCUT2D eigenvalue weighted by atomic mass is 10.1. The van der Waals surface area contributed by atoms with Crippen LogP contribution in [0.15, 0.2) is 47.1 Å². The van der Waals surface area contributed by atoms with Crippen LogP contribution in [0.3, 0.4) is 0 Å². The second kappa shape index (κ2) is 5.01. The Hall–Kier alpha value is -1.88. The lowest BCUT2D eigenvalue weighted by Crippen LogP contribution is -1.92. The first-order valence-electron chi connectivity index (χ1n) is 5.88. The van der Waals surface area contributed by atoms with Crippen molar-refractivity contribution in [3.63, 3.8) is 0 Å². The van der Waals surface area contributed by atoms with Gasteiger partial charge in [0.15, 0.2) is 11.5 Å². The predicted octanol–water partition coefficient (Wildman–Crippen LogP) is 3.09. The lowest BCUT2D eigenvalue weighted by Gasteiger charge is -2.00. The molecule has 3 aromatic rings. The van der Waals surface area contributed by atoms with E-state index in [0.29, 0.717) is 6.42 Å². The van der Waals surface area contributed by atoms with E-state index in [9.17, 15) is 0 Å². The Labute approximate surface area is 119 Å². The van der Waals surface area contributed by atoms with E-state index in [1.54, 1.807) is 11.6 Å². The molecule has 0 aliphatic heterocycles. The maximum Gasteiger partial charge on any atom is 0.156 e. The molecule has 0 unspecified atom stereocenters. The van der Waals surface area contributed by atoms with Crippen molar-refractivity contribution in [2.24, 2.45) is 0 Å². The highest BCUT2D eigenvalue weighted by Gasteiger charge is 2.05. The van der Waals surface area contributed by atoms with Gasteiger partial charge in [-0.15, -0.1) is 0 Å². The Balaban J connectivity index is 1.87. The summed E-state index contributed by atoms with van der Waals surface area (Å²) in [5.41, 5.74) is 2.01. The third kappa shape index (κ3) is 2.61. The Morgan fingerprint density at radius 2 is 2.00 bits per heavy atom. The predicted molar refractivity (Wildman–Crippen MR) is 76.5 cm³/mol. The summed E-state index contributed by atoms with van der Waals surface area (Å²) in [5, 5.41) is 4.45. The van der Waals surface area contributed by atoms with Gasteiger partial charge < -0.3 is 4.74 Å². The number of pyridine rings is 1. The van der Waals surface area contributed by atoms with Gasteiger partial charge in [0.2, 0.25) is 0 Å². The average Bonchev–Trinajstić information content (AvgIpc) is 2.81. The first-order chi connectivity index (χ1) is 9.24. The van der Waals surface area contributed by atoms with Gasteiger partial charge in [0.1, 0.15) is 5.75 Å². The molecular formula is C14H12BrN3O. The number of fused-ring (bicyclic) bond motifs is 1. The quantitative estimate of drug-likeness (QED) is 0.745. The van der Waals surface area contributed by atoms with E-state index < -0.39 is 0 Å². The molecule has 96 valence electrons. The zero-order chi connectivity index (χ0) is 13.2. The molecule has 5 heteroatoms. The van der Waals surface area contributed by atoms with Crippen LogP contribution >= 0.6 is 15.9 Å². The molecule has 2 aromatic heterocycles. The zero-order valence-corrected chi connectivity index (χ0v) is 12.0. The summed E-state index contributed by atoms with van der Waals surface area (Å²) in [7, 11) is 1.66. The van der Waals surface area contributed by atoms with E-state index in [1.807, 2.05) is 42.6 Å². The number of rotatable bonds is 3. The number of nitrogens with zero attached hydrogens (tertiary/aromatic N) is 3. The van der Waals surface area contributed by atoms with Crippen molar-refractivity contribution >= 4 is 21.6 Å². The Kier molecular flexibility index (Phi) is 3.21. The molecule has 4 nitrogen and oxygen atoms in total. The van der Waals surface area contributed by atoms with Crippen LogP contribution in [-0.2, 0) is 6.42 Å². The fourth-order valence-corrected chi connectivity index (χ4v) is 2.23. The molecule has 0 aliphatic rings. The van der Waals surface area contributed by atoms with E-state index in [4.69, 9.17) is 4.74 Å². The van der Waals surface area contributed by atoms with Gasteiger partial charge in [0, 0.05) is 17.1 Å². The first-order valence-corrected chi connectivity index (χ1v) is 6.67. The Morgan fingerprint density at radius 3 is 2.74 bits per heavy atom. The van der Waals surface area contributed by atoms with Gasteiger partial charge in [0.25, 0.3) is 0 Å².